The molecular formula is C30H41FO6. The van der Waals surface area contributed by atoms with Gasteiger partial charge in [0, 0.05) is 25.0 Å². The van der Waals surface area contributed by atoms with Gasteiger partial charge in [-0.1, -0.05) is 53.7 Å². The molecule has 0 amide bonds. The zero-order valence-electron chi connectivity index (χ0n) is 23.4. The summed E-state index contributed by atoms with van der Waals surface area (Å²) in [7, 11) is 0. The van der Waals surface area contributed by atoms with Crippen molar-refractivity contribution in [1.29, 1.82) is 0 Å². The normalized spacial score (nSPS) is 12.6. The highest BCUT2D eigenvalue weighted by atomic mass is 19.1. The van der Waals surface area contributed by atoms with Gasteiger partial charge in [0.15, 0.2) is 0 Å². The lowest BCUT2D eigenvalue weighted by Gasteiger charge is -2.36. The van der Waals surface area contributed by atoms with Crippen molar-refractivity contribution in [3.8, 4) is 11.5 Å². The number of esters is 2. The van der Waals surface area contributed by atoms with Crippen LogP contribution in [0.3, 0.4) is 0 Å². The Morgan fingerprint density at radius 3 is 1.73 bits per heavy atom. The molecule has 0 aliphatic heterocycles. The predicted molar refractivity (Wildman–Crippen MR) is 141 cm³/mol. The zero-order chi connectivity index (χ0) is 27.8. The molecular weight excluding hydrogens is 475 g/mol. The zero-order valence-corrected chi connectivity index (χ0v) is 23.4. The molecule has 1 atom stereocenters. The number of carbonyl (C=O) groups is 2. The Labute approximate surface area is 220 Å². The van der Waals surface area contributed by atoms with Crippen LogP contribution in [0, 0.1) is 16.6 Å². The Balaban J connectivity index is 2.08. The minimum atomic E-state index is -0.548. The van der Waals surface area contributed by atoms with Crippen molar-refractivity contribution >= 4 is 11.9 Å². The number of carbonyl (C=O) groups excluding carboxylic acids is 2. The maximum absolute atomic E-state index is 14.2. The number of rotatable bonds is 11. The highest BCUT2D eigenvalue weighted by Crippen LogP contribution is 2.43. The summed E-state index contributed by atoms with van der Waals surface area (Å²) < 4.78 is 36.0. The number of ether oxygens (including phenoxy) is 4. The SMILES string of the molecule is CC(=O)OCc1cc(F)cc(COC(C)=O)c1OCCOc1ccc(C(CC(C)(C)C)C(C)(C)C)cc1. The summed E-state index contributed by atoms with van der Waals surface area (Å²) in [4.78, 5) is 22.5. The van der Waals surface area contributed by atoms with Crippen LogP contribution in [0.15, 0.2) is 36.4 Å². The topological polar surface area (TPSA) is 71.1 Å². The molecule has 0 saturated carbocycles. The van der Waals surface area contributed by atoms with Crippen molar-refractivity contribution in [2.75, 3.05) is 13.2 Å². The van der Waals surface area contributed by atoms with Crippen molar-refractivity contribution in [1.82, 2.24) is 0 Å². The molecule has 204 valence electrons. The molecule has 0 heterocycles. The quantitative estimate of drug-likeness (QED) is 0.237. The molecule has 0 radical (unpaired) electrons. The van der Waals surface area contributed by atoms with E-state index < -0.39 is 17.8 Å². The smallest absolute Gasteiger partial charge is 0.302 e. The third kappa shape index (κ3) is 10.4. The van der Waals surface area contributed by atoms with E-state index >= 15 is 0 Å². The Morgan fingerprint density at radius 1 is 0.811 bits per heavy atom. The van der Waals surface area contributed by atoms with Crippen molar-refractivity contribution in [2.45, 2.75) is 80.9 Å². The average Bonchev–Trinajstić information content (AvgIpc) is 2.77. The van der Waals surface area contributed by atoms with Gasteiger partial charge in [-0.15, -0.1) is 0 Å². The van der Waals surface area contributed by atoms with E-state index in [1.54, 1.807) is 0 Å². The Kier molecular flexibility index (Phi) is 10.5. The van der Waals surface area contributed by atoms with Gasteiger partial charge >= 0.3 is 11.9 Å². The van der Waals surface area contributed by atoms with Crippen LogP contribution in [0.5, 0.6) is 11.5 Å². The Hall–Kier alpha value is -3.09. The monoisotopic (exact) mass is 516 g/mol. The first-order valence-corrected chi connectivity index (χ1v) is 12.6. The van der Waals surface area contributed by atoms with Gasteiger partial charge in [-0.3, -0.25) is 9.59 Å². The summed E-state index contributed by atoms with van der Waals surface area (Å²) in [5.74, 6) is -0.115. The first-order chi connectivity index (χ1) is 17.2. The molecule has 0 aromatic heterocycles. The molecule has 2 aromatic rings. The van der Waals surface area contributed by atoms with E-state index in [1.807, 2.05) is 12.1 Å². The molecule has 0 fully saturated rings. The van der Waals surface area contributed by atoms with Crippen LogP contribution in [0.4, 0.5) is 4.39 Å². The Bertz CT molecular complexity index is 1010. The Morgan fingerprint density at radius 2 is 1.30 bits per heavy atom. The number of benzene rings is 2. The largest absolute Gasteiger partial charge is 0.490 e. The molecule has 6 nitrogen and oxygen atoms in total. The van der Waals surface area contributed by atoms with Gasteiger partial charge < -0.3 is 18.9 Å². The number of hydrogen-bond acceptors (Lipinski definition) is 6. The highest BCUT2D eigenvalue weighted by molar-refractivity contribution is 5.66. The summed E-state index contributed by atoms with van der Waals surface area (Å²) in [6, 6.07) is 10.6. The average molecular weight is 517 g/mol. The van der Waals surface area contributed by atoms with Crippen LogP contribution in [0.2, 0.25) is 0 Å². The van der Waals surface area contributed by atoms with E-state index in [1.165, 1.54) is 31.5 Å². The van der Waals surface area contributed by atoms with Gasteiger partial charge in [0.2, 0.25) is 0 Å². The molecule has 0 aliphatic carbocycles. The molecule has 0 spiro atoms. The molecule has 7 heteroatoms. The van der Waals surface area contributed by atoms with Gasteiger partial charge in [0.1, 0.15) is 43.7 Å². The fourth-order valence-corrected chi connectivity index (χ4v) is 4.11. The molecule has 37 heavy (non-hydrogen) atoms. The summed E-state index contributed by atoms with van der Waals surface area (Å²) in [6.45, 7) is 16.2. The number of halogens is 1. The van der Waals surface area contributed by atoms with Gasteiger partial charge in [-0.2, -0.15) is 0 Å². The molecule has 2 aromatic carbocycles. The van der Waals surface area contributed by atoms with E-state index in [-0.39, 0.29) is 37.3 Å². The lowest BCUT2D eigenvalue weighted by molar-refractivity contribution is -0.142. The van der Waals surface area contributed by atoms with E-state index in [4.69, 9.17) is 18.9 Å². The molecule has 0 bridgehead atoms. The maximum atomic E-state index is 14.2. The van der Waals surface area contributed by atoms with Crippen LogP contribution >= 0.6 is 0 Å². The van der Waals surface area contributed by atoms with Crippen molar-refractivity contribution < 1.29 is 32.9 Å². The second kappa shape index (κ2) is 12.9. The van der Waals surface area contributed by atoms with Gasteiger partial charge in [0.25, 0.3) is 0 Å². The predicted octanol–water partition coefficient (Wildman–Crippen LogP) is 6.98. The summed E-state index contributed by atoms with van der Waals surface area (Å²) in [5, 5.41) is 0. The van der Waals surface area contributed by atoms with E-state index in [9.17, 15) is 14.0 Å². The minimum Gasteiger partial charge on any atom is -0.490 e. The van der Waals surface area contributed by atoms with Crippen molar-refractivity contribution in [3.05, 3.63) is 58.9 Å². The van der Waals surface area contributed by atoms with Crippen LogP contribution in [-0.2, 0) is 32.3 Å². The van der Waals surface area contributed by atoms with Crippen molar-refractivity contribution in [3.63, 3.8) is 0 Å². The fourth-order valence-electron chi connectivity index (χ4n) is 4.11. The third-order valence-corrected chi connectivity index (χ3v) is 5.81. The second-order valence-corrected chi connectivity index (χ2v) is 11.6. The summed E-state index contributed by atoms with van der Waals surface area (Å²) in [6.07, 6.45) is 1.08. The molecule has 0 aliphatic rings. The first kappa shape index (κ1) is 30.1. The van der Waals surface area contributed by atoms with Crippen LogP contribution in [0.25, 0.3) is 0 Å². The third-order valence-electron chi connectivity index (χ3n) is 5.81. The second-order valence-electron chi connectivity index (χ2n) is 11.6. The van der Waals surface area contributed by atoms with E-state index in [0.29, 0.717) is 22.8 Å². The molecule has 2 rings (SSSR count). The summed E-state index contributed by atoms with van der Waals surface area (Å²) >= 11 is 0. The van der Waals surface area contributed by atoms with Gasteiger partial charge in [-0.05, 0) is 53.0 Å². The van der Waals surface area contributed by atoms with Crippen LogP contribution < -0.4 is 9.47 Å². The minimum absolute atomic E-state index is 0.131. The van der Waals surface area contributed by atoms with Gasteiger partial charge in [-0.25, -0.2) is 4.39 Å². The first-order valence-electron chi connectivity index (χ1n) is 12.6. The molecule has 1 unspecified atom stereocenters. The maximum Gasteiger partial charge on any atom is 0.302 e. The van der Waals surface area contributed by atoms with Gasteiger partial charge in [0.05, 0.1) is 0 Å². The highest BCUT2D eigenvalue weighted by Gasteiger charge is 2.30. The van der Waals surface area contributed by atoms with E-state index in [2.05, 4.69) is 53.7 Å². The van der Waals surface area contributed by atoms with Crippen molar-refractivity contribution in [2.24, 2.45) is 10.8 Å². The standard InChI is InChI=1S/C30H41FO6/c1-20(32)36-18-23-15-25(31)16-24(19-37-21(2)33)28(23)35-14-13-34-26-11-9-22(10-12-26)27(30(6,7)8)17-29(3,4)5/h9-12,15-16,27H,13-14,17-19H2,1-8H3. The number of hydrogen-bond donors (Lipinski definition) is 0. The molecule has 0 saturated heterocycles. The molecule has 0 N–H and O–H groups in total. The summed E-state index contributed by atoms with van der Waals surface area (Å²) in [5.41, 5.74) is 2.31. The van der Waals surface area contributed by atoms with E-state index in [0.717, 1.165) is 12.2 Å². The fraction of sp³-hybridized carbons (Fsp3) is 0.533. The van der Waals surface area contributed by atoms with Crippen LogP contribution in [0.1, 0.15) is 84.4 Å². The lowest BCUT2D eigenvalue weighted by Crippen LogP contribution is -2.23. The lowest BCUT2D eigenvalue weighted by atomic mass is 9.69. The van der Waals surface area contributed by atoms with Crippen LogP contribution in [-0.4, -0.2) is 25.2 Å².